The standard InChI is InChI=1S/C19H23NO2/c1-20(2)11-13-22-12-10-17-8-9-18(14-19(17)15-21)16-6-4-3-5-7-16/h3-9,14-15H,10-13H2,1-2H3. The predicted octanol–water partition coefficient (Wildman–Crippen LogP) is 3.29. The van der Waals surface area contributed by atoms with Crippen molar-refractivity contribution in [2.24, 2.45) is 0 Å². The van der Waals surface area contributed by atoms with E-state index in [0.717, 1.165) is 41.5 Å². The Morgan fingerprint density at radius 1 is 1.00 bits per heavy atom. The molecule has 0 amide bonds. The van der Waals surface area contributed by atoms with Gasteiger partial charge in [-0.1, -0.05) is 42.5 Å². The van der Waals surface area contributed by atoms with Crippen molar-refractivity contribution in [3.8, 4) is 11.1 Å². The summed E-state index contributed by atoms with van der Waals surface area (Å²) in [7, 11) is 4.05. The van der Waals surface area contributed by atoms with Crippen molar-refractivity contribution in [3.05, 3.63) is 59.7 Å². The van der Waals surface area contributed by atoms with Gasteiger partial charge in [0.2, 0.25) is 0 Å². The molecule has 116 valence electrons. The highest BCUT2D eigenvalue weighted by atomic mass is 16.5. The van der Waals surface area contributed by atoms with Crippen LogP contribution in [0.4, 0.5) is 0 Å². The number of carbonyl (C=O) groups is 1. The van der Waals surface area contributed by atoms with Crippen LogP contribution in [0.2, 0.25) is 0 Å². The fourth-order valence-electron chi connectivity index (χ4n) is 2.27. The number of hydrogen-bond acceptors (Lipinski definition) is 3. The van der Waals surface area contributed by atoms with Gasteiger partial charge in [0, 0.05) is 12.1 Å². The fraction of sp³-hybridized carbons (Fsp3) is 0.316. The van der Waals surface area contributed by atoms with Gasteiger partial charge < -0.3 is 9.64 Å². The van der Waals surface area contributed by atoms with Crippen LogP contribution in [0.25, 0.3) is 11.1 Å². The van der Waals surface area contributed by atoms with Gasteiger partial charge in [-0.2, -0.15) is 0 Å². The zero-order valence-corrected chi connectivity index (χ0v) is 13.3. The minimum atomic E-state index is 0.638. The molecule has 0 spiro atoms. The maximum absolute atomic E-state index is 11.3. The van der Waals surface area contributed by atoms with Crippen molar-refractivity contribution < 1.29 is 9.53 Å². The second kappa shape index (κ2) is 8.47. The highest BCUT2D eigenvalue weighted by Gasteiger charge is 2.05. The highest BCUT2D eigenvalue weighted by Crippen LogP contribution is 2.22. The molecule has 2 aromatic rings. The molecule has 0 aromatic heterocycles. The summed E-state index contributed by atoms with van der Waals surface area (Å²) in [5, 5.41) is 0. The molecule has 0 aliphatic carbocycles. The van der Waals surface area contributed by atoms with E-state index in [9.17, 15) is 4.79 Å². The molecule has 22 heavy (non-hydrogen) atoms. The Hall–Kier alpha value is -1.97. The van der Waals surface area contributed by atoms with Gasteiger partial charge in [0.15, 0.2) is 0 Å². The normalized spacial score (nSPS) is 10.9. The van der Waals surface area contributed by atoms with E-state index in [1.54, 1.807) is 0 Å². The van der Waals surface area contributed by atoms with E-state index in [1.165, 1.54) is 0 Å². The van der Waals surface area contributed by atoms with Crippen LogP contribution in [-0.2, 0) is 11.2 Å². The van der Waals surface area contributed by atoms with Gasteiger partial charge in [-0.25, -0.2) is 0 Å². The van der Waals surface area contributed by atoms with Crippen molar-refractivity contribution in [1.82, 2.24) is 4.90 Å². The predicted molar refractivity (Wildman–Crippen MR) is 90.3 cm³/mol. The number of likely N-dealkylation sites (N-methyl/N-ethyl adjacent to an activating group) is 1. The first kappa shape index (κ1) is 16.4. The summed E-state index contributed by atoms with van der Waals surface area (Å²) in [6.45, 7) is 2.26. The molecule has 0 aliphatic heterocycles. The number of nitrogens with zero attached hydrogens (tertiary/aromatic N) is 1. The van der Waals surface area contributed by atoms with Gasteiger partial charge in [0.25, 0.3) is 0 Å². The highest BCUT2D eigenvalue weighted by molar-refractivity contribution is 5.81. The van der Waals surface area contributed by atoms with Gasteiger partial charge in [-0.05, 0) is 43.3 Å². The quantitative estimate of drug-likeness (QED) is 0.553. The Bertz CT molecular complexity index is 594. The van der Waals surface area contributed by atoms with Crippen molar-refractivity contribution in [3.63, 3.8) is 0 Å². The van der Waals surface area contributed by atoms with E-state index in [4.69, 9.17) is 4.74 Å². The second-order valence-corrected chi connectivity index (χ2v) is 5.56. The first-order chi connectivity index (χ1) is 10.7. The molecule has 3 heteroatoms. The van der Waals surface area contributed by atoms with Crippen LogP contribution >= 0.6 is 0 Å². The average Bonchev–Trinajstić information content (AvgIpc) is 2.55. The molecule has 0 atom stereocenters. The molecule has 0 bridgehead atoms. The summed E-state index contributed by atoms with van der Waals surface area (Å²) in [5.41, 5.74) is 3.98. The van der Waals surface area contributed by atoms with Crippen molar-refractivity contribution >= 4 is 6.29 Å². The monoisotopic (exact) mass is 297 g/mol. The lowest BCUT2D eigenvalue weighted by Crippen LogP contribution is -2.18. The van der Waals surface area contributed by atoms with E-state index in [1.807, 2.05) is 56.6 Å². The minimum absolute atomic E-state index is 0.638. The topological polar surface area (TPSA) is 29.5 Å². The molecule has 0 unspecified atom stereocenters. The molecule has 3 nitrogen and oxygen atoms in total. The molecule has 0 saturated heterocycles. The zero-order chi connectivity index (χ0) is 15.8. The van der Waals surface area contributed by atoms with Crippen molar-refractivity contribution in [1.29, 1.82) is 0 Å². The van der Waals surface area contributed by atoms with E-state index in [2.05, 4.69) is 11.0 Å². The lowest BCUT2D eigenvalue weighted by atomic mass is 9.98. The average molecular weight is 297 g/mol. The second-order valence-electron chi connectivity index (χ2n) is 5.56. The summed E-state index contributed by atoms with van der Waals surface area (Å²) >= 11 is 0. The van der Waals surface area contributed by atoms with Crippen LogP contribution < -0.4 is 0 Å². The summed E-state index contributed by atoms with van der Waals surface area (Å²) in [6, 6.07) is 16.1. The van der Waals surface area contributed by atoms with Crippen LogP contribution in [0.15, 0.2) is 48.5 Å². The third-order valence-electron chi connectivity index (χ3n) is 3.58. The molecule has 2 aromatic carbocycles. The maximum Gasteiger partial charge on any atom is 0.150 e. The van der Waals surface area contributed by atoms with Crippen LogP contribution in [0.1, 0.15) is 15.9 Å². The molecule has 0 heterocycles. The summed E-state index contributed by atoms with van der Waals surface area (Å²) in [5.74, 6) is 0. The number of rotatable bonds is 8. The first-order valence-corrected chi connectivity index (χ1v) is 7.56. The molecular weight excluding hydrogens is 274 g/mol. The first-order valence-electron chi connectivity index (χ1n) is 7.56. The van der Waals surface area contributed by atoms with Crippen LogP contribution in [0.5, 0.6) is 0 Å². The largest absolute Gasteiger partial charge is 0.380 e. The Morgan fingerprint density at radius 3 is 2.45 bits per heavy atom. The van der Waals surface area contributed by atoms with Gasteiger partial charge in [0.1, 0.15) is 6.29 Å². The number of aldehydes is 1. The fourth-order valence-corrected chi connectivity index (χ4v) is 2.27. The van der Waals surface area contributed by atoms with Crippen LogP contribution in [0.3, 0.4) is 0 Å². The van der Waals surface area contributed by atoms with Crippen LogP contribution in [0, 0.1) is 0 Å². The van der Waals surface area contributed by atoms with E-state index in [0.29, 0.717) is 13.2 Å². The minimum Gasteiger partial charge on any atom is -0.380 e. The molecule has 0 radical (unpaired) electrons. The van der Waals surface area contributed by atoms with Gasteiger partial charge in [-0.15, -0.1) is 0 Å². The van der Waals surface area contributed by atoms with E-state index < -0.39 is 0 Å². The number of hydrogen-bond donors (Lipinski definition) is 0. The van der Waals surface area contributed by atoms with E-state index >= 15 is 0 Å². The summed E-state index contributed by atoms with van der Waals surface area (Å²) < 4.78 is 5.61. The Balaban J connectivity index is 1.99. The summed E-state index contributed by atoms with van der Waals surface area (Å²) in [4.78, 5) is 13.4. The molecule has 2 rings (SSSR count). The molecule has 0 fully saturated rings. The maximum atomic E-state index is 11.3. The SMILES string of the molecule is CN(C)CCOCCc1ccc(-c2ccccc2)cc1C=O. The van der Waals surface area contributed by atoms with Gasteiger partial charge >= 0.3 is 0 Å². The van der Waals surface area contributed by atoms with Crippen molar-refractivity contribution in [2.75, 3.05) is 33.9 Å². The number of benzene rings is 2. The molecule has 0 aliphatic rings. The Morgan fingerprint density at radius 2 is 1.77 bits per heavy atom. The Kier molecular flexibility index (Phi) is 6.31. The molecular formula is C19H23NO2. The third kappa shape index (κ3) is 4.79. The lowest BCUT2D eigenvalue weighted by Gasteiger charge is -2.11. The lowest BCUT2D eigenvalue weighted by molar-refractivity contribution is 0.111. The van der Waals surface area contributed by atoms with Gasteiger partial charge in [0.05, 0.1) is 13.2 Å². The van der Waals surface area contributed by atoms with Crippen LogP contribution in [-0.4, -0.2) is 45.0 Å². The number of carbonyl (C=O) groups excluding carboxylic acids is 1. The Labute approximate surface area is 132 Å². The zero-order valence-electron chi connectivity index (χ0n) is 13.3. The molecule has 0 saturated carbocycles. The number of ether oxygens (including phenoxy) is 1. The molecule has 0 N–H and O–H groups in total. The third-order valence-corrected chi connectivity index (χ3v) is 3.58. The van der Waals surface area contributed by atoms with Crippen molar-refractivity contribution in [2.45, 2.75) is 6.42 Å². The smallest absolute Gasteiger partial charge is 0.150 e. The van der Waals surface area contributed by atoms with E-state index in [-0.39, 0.29) is 0 Å². The van der Waals surface area contributed by atoms with Gasteiger partial charge in [-0.3, -0.25) is 4.79 Å². The summed E-state index contributed by atoms with van der Waals surface area (Å²) in [6.07, 6.45) is 1.69.